The van der Waals surface area contributed by atoms with Crippen LogP contribution in [0.4, 0.5) is 32.3 Å². The fourth-order valence-corrected chi connectivity index (χ4v) is 6.14. The number of hydrogen-bond donors (Lipinski definition) is 4. The number of anilines is 4. The van der Waals surface area contributed by atoms with Crippen LogP contribution in [0.1, 0.15) is 5.56 Å². The van der Waals surface area contributed by atoms with Crippen LogP contribution in [0.3, 0.4) is 0 Å². The Morgan fingerprint density at radius 2 is 0.872 bits per heavy atom. The smallest absolute Gasteiger partial charge is 0.339 e. The fraction of sp³-hybridized carbons (Fsp3) is 0.0303. The van der Waals surface area contributed by atoms with E-state index in [-0.39, 0.29) is 32.7 Å². The van der Waals surface area contributed by atoms with Crippen molar-refractivity contribution in [2.24, 2.45) is 0 Å². The Hall–Kier alpha value is -5.86. The number of nitrogens with one attached hydrogen (secondary N) is 4. The van der Waals surface area contributed by atoms with E-state index in [1.165, 1.54) is 60.7 Å². The van der Waals surface area contributed by atoms with E-state index >= 15 is 0 Å². The van der Waals surface area contributed by atoms with Gasteiger partial charge >= 0.3 is 32.3 Å². The molecule has 0 aromatic heterocycles. The summed E-state index contributed by atoms with van der Waals surface area (Å²) in [6.45, 7) is 1.69. The average molecular weight is 673 g/mol. The first-order chi connectivity index (χ1) is 22.5. The first-order valence-corrected chi connectivity index (χ1v) is 16.7. The van der Waals surface area contributed by atoms with Gasteiger partial charge in [0.15, 0.2) is 0 Å². The van der Waals surface area contributed by atoms with Gasteiger partial charge in [-0.25, -0.2) is 9.59 Å². The molecule has 5 rings (SSSR count). The van der Waals surface area contributed by atoms with E-state index in [1.807, 2.05) is 0 Å². The Morgan fingerprint density at radius 3 is 1.28 bits per heavy atom. The molecule has 0 bridgehead atoms. The molecule has 0 aliphatic rings. The van der Waals surface area contributed by atoms with Crippen molar-refractivity contribution in [2.75, 3.05) is 21.3 Å². The third-order valence-electron chi connectivity index (χ3n) is 6.49. The lowest BCUT2D eigenvalue weighted by atomic mass is 10.1. The van der Waals surface area contributed by atoms with Crippen LogP contribution in [0.5, 0.6) is 11.5 Å². The molecule has 4 amide bonds. The van der Waals surface area contributed by atoms with Gasteiger partial charge in [0.05, 0.1) is 0 Å². The molecule has 0 fully saturated rings. The van der Waals surface area contributed by atoms with Crippen molar-refractivity contribution >= 4 is 55.0 Å². The molecule has 47 heavy (non-hydrogen) atoms. The molecular weight excluding hydrogens is 645 g/mol. The van der Waals surface area contributed by atoms with Crippen molar-refractivity contribution in [2.45, 2.75) is 16.7 Å². The maximum Gasteiger partial charge on any atom is 0.339 e. The molecule has 4 N–H and O–H groups in total. The van der Waals surface area contributed by atoms with Gasteiger partial charge in [0.25, 0.3) is 0 Å². The second kappa shape index (κ2) is 14.1. The molecule has 240 valence electrons. The van der Waals surface area contributed by atoms with Gasteiger partial charge in [-0.1, -0.05) is 54.6 Å². The molecule has 0 saturated carbocycles. The minimum Gasteiger partial charge on any atom is -0.379 e. The van der Waals surface area contributed by atoms with E-state index in [4.69, 9.17) is 8.37 Å². The summed E-state index contributed by atoms with van der Waals surface area (Å²) in [7, 11) is -8.13. The normalized spacial score (nSPS) is 11.2. The van der Waals surface area contributed by atoms with Crippen LogP contribution in [0, 0.1) is 6.92 Å². The van der Waals surface area contributed by atoms with E-state index in [2.05, 4.69) is 21.3 Å². The highest BCUT2D eigenvalue weighted by Gasteiger charge is 2.18. The second-order valence-electron chi connectivity index (χ2n) is 9.89. The molecule has 0 aliphatic heterocycles. The zero-order chi connectivity index (χ0) is 33.4. The molecule has 12 nitrogen and oxygen atoms in total. The SMILES string of the molecule is Cc1c(NC(=O)Nc2cccc(OS(=O)(=O)c3ccccc3)c2)cccc1NC(=O)Nc1cccc(OS(=O)(=O)c2ccccc2)c1. The van der Waals surface area contributed by atoms with E-state index in [1.54, 1.807) is 73.7 Å². The number of urea groups is 2. The monoisotopic (exact) mass is 672 g/mol. The molecule has 0 saturated heterocycles. The zero-order valence-electron chi connectivity index (χ0n) is 24.7. The molecule has 14 heteroatoms. The number of hydrogen-bond acceptors (Lipinski definition) is 8. The van der Waals surface area contributed by atoms with Crippen LogP contribution < -0.4 is 29.6 Å². The summed E-state index contributed by atoms with van der Waals surface area (Å²) < 4.78 is 60.6. The average Bonchev–Trinajstić information content (AvgIpc) is 3.04. The predicted molar refractivity (Wildman–Crippen MR) is 178 cm³/mol. The number of carbonyl (C=O) groups is 2. The lowest BCUT2D eigenvalue weighted by molar-refractivity contribution is 0.261. The first kappa shape index (κ1) is 32.5. The number of benzene rings is 5. The Morgan fingerprint density at radius 1 is 0.489 bits per heavy atom. The van der Waals surface area contributed by atoms with Crippen molar-refractivity contribution in [1.29, 1.82) is 0 Å². The summed E-state index contributed by atoms with van der Waals surface area (Å²) in [6.07, 6.45) is 0. The largest absolute Gasteiger partial charge is 0.379 e. The van der Waals surface area contributed by atoms with Gasteiger partial charge in [-0.2, -0.15) is 16.8 Å². The highest BCUT2D eigenvalue weighted by Crippen LogP contribution is 2.26. The quantitative estimate of drug-likeness (QED) is 0.117. The lowest BCUT2D eigenvalue weighted by Gasteiger charge is -2.15. The van der Waals surface area contributed by atoms with Crippen molar-refractivity contribution in [3.8, 4) is 11.5 Å². The Balaban J connectivity index is 1.19. The fourth-order valence-electron chi connectivity index (χ4n) is 4.25. The first-order valence-electron chi connectivity index (χ1n) is 13.9. The van der Waals surface area contributed by atoms with E-state index in [9.17, 15) is 26.4 Å². The van der Waals surface area contributed by atoms with Crippen molar-refractivity contribution < 1.29 is 34.8 Å². The van der Waals surface area contributed by atoms with Crippen molar-refractivity contribution in [3.05, 3.63) is 133 Å². The van der Waals surface area contributed by atoms with Gasteiger partial charge in [-0.05, 0) is 73.2 Å². The van der Waals surface area contributed by atoms with Crippen LogP contribution in [0.15, 0.2) is 137 Å². The van der Waals surface area contributed by atoms with Gasteiger partial charge < -0.3 is 29.6 Å². The molecule has 0 aliphatic carbocycles. The topological polar surface area (TPSA) is 169 Å². The van der Waals surface area contributed by atoms with E-state index in [0.29, 0.717) is 16.9 Å². The van der Waals surface area contributed by atoms with Crippen LogP contribution in [0.25, 0.3) is 0 Å². The summed E-state index contributed by atoms with van der Waals surface area (Å²) in [5.74, 6) is 0.0184. The maximum atomic E-state index is 12.8. The van der Waals surface area contributed by atoms with Gasteiger partial charge in [0, 0.05) is 34.9 Å². The molecular formula is C33H28N4O8S2. The van der Waals surface area contributed by atoms with Gasteiger partial charge in [0.2, 0.25) is 0 Å². The summed E-state index contributed by atoms with van der Waals surface area (Å²) >= 11 is 0. The molecule has 0 atom stereocenters. The number of amides is 4. The van der Waals surface area contributed by atoms with Crippen LogP contribution >= 0.6 is 0 Å². The standard InChI is InChI=1S/C33H28N4O8S2/c1-23-30(36-32(38)34-24-11-8-13-26(21-24)44-46(40,41)28-15-4-2-5-16-28)19-10-20-31(23)37-33(39)35-25-12-9-14-27(22-25)45-47(42,43)29-17-6-3-7-18-29/h2-22H,1H3,(H2,34,36,38)(H2,35,37,39). The van der Waals surface area contributed by atoms with Crippen LogP contribution in [-0.2, 0) is 20.2 Å². The Labute approximate surface area is 271 Å². The van der Waals surface area contributed by atoms with E-state index < -0.39 is 32.3 Å². The highest BCUT2D eigenvalue weighted by atomic mass is 32.2. The van der Waals surface area contributed by atoms with Crippen molar-refractivity contribution in [3.63, 3.8) is 0 Å². The molecule has 0 radical (unpaired) electrons. The third kappa shape index (κ3) is 8.65. The Bertz CT molecular complexity index is 1980. The van der Waals surface area contributed by atoms with Gasteiger partial charge in [-0.15, -0.1) is 0 Å². The minimum absolute atomic E-state index is 0.00872. The number of rotatable bonds is 10. The molecule has 5 aromatic rings. The summed E-state index contributed by atoms with van der Waals surface area (Å²) in [5, 5.41) is 10.7. The van der Waals surface area contributed by atoms with Crippen LogP contribution in [0.2, 0.25) is 0 Å². The molecule has 0 heterocycles. The second-order valence-corrected chi connectivity index (χ2v) is 13.0. The minimum atomic E-state index is -4.07. The number of carbonyl (C=O) groups excluding carboxylic acids is 2. The summed E-state index contributed by atoms with van der Waals surface area (Å²) in [6, 6.07) is 30.8. The summed E-state index contributed by atoms with van der Waals surface area (Å²) in [5.41, 5.74) is 1.87. The zero-order valence-corrected chi connectivity index (χ0v) is 26.3. The van der Waals surface area contributed by atoms with E-state index in [0.717, 1.165) is 0 Å². The third-order valence-corrected chi connectivity index (χ3v) is 9.01. The predicted octanol–water partition coefficient (Wildman–Crippen LogP) is 6.82. The van der Waals surface area contributed by atoms with Crippen LogP contribution in [-0.4, -0.2) is 28.9 Å². The lowest BCUT2D eigenvalue weighted by Crippen LogP contribution is -2.22. The van der Waals surface area contributed by atoms with Gasteiger partial charge in [-0.3, -0.25) is 0 Å². The van der Waals surface area contributed by atoms with Gasteiger partial charge in [0.1, 0.15) is 21.3 Å². The molecule has 0 unspecified atom stereocenters. The molecule has 0 spiro atoms. The molecule has 5 aromatic carbocycles. The highest BCUT2D eigenvalue weighted by molar-refractivity contribution is 7.87. The maximum absolute atomic E-state index is 12.8. The van der Waals surface area contributed by atoms with Crippen molar-refractivity contribution in [1.82, 2.24) is 0 Å². The summed E-state index contributed by atoms with van der Waals surface area (Å²) in [4.78, 5) is 25.6. The Kier molecular flexibility index (Phi) is 9.73.